The van der Waals surface area contributed by atoms with E-state index < -0.39 is 18.5 Å². The lowest BCUT2D eigenvalue weighted by atomic mass is 10.2. The van der Waals surface area contributed by atoms with Crippen LogP contribution in [0, 0.1) is 0 Å². The first kappa shape index (κ1) is 15.6. The summed E-state index contributed by atoms with van der Waals surface area (Å²) < 4.78 is 38.2. The van der Waals surface area contributed by atoms with Crippen molar-refractivity contribution in [3.63, 3.8) is 0 Å². The molecule has 19 heavy (non-hydrogen) atoms. The Balaban J connectivity index is 3.11. The van der Waals surface area contributed by atoms with E-state index in [0.717, 1.165) is 17.2 Å². The van der Waals surface area contributed by atoms with Crippen molar-refractivity contribution in [1.82, 2.24) is 0 Å². The number of hydrogen-bond donors (Lipinski definition) is 1. The van der Waals surface area contributed by atoms with Gasteiger partial charge in [0.2, 0.25) is 0 Å². The monoisotopic (exact) mass is 291 g/mol. The molecular formula is C13H13ClF3NO. The van der Waals surface area contributed by atoms with Crippen LogP contribution in [0.5, 0.6) is 0 Å². The fourth-order valence-electron chi connectivity index (χ4n) is 1.39. The van der Waals surface area contributed by atoms with Crippen molar-refractivity contribution >= 4 is 17.3 Å². The lowest BCUT2D eigenvalue weighted by molar-refractivity contribution is -0.0884. The van der Waals surface area contributed by atoms with Crippen LogP contribution < -0.4 is 4.90 Å². The summed E-state index contributed by atoms with van der Waals surface area (Å²) in [4.78, 5) is 1.08. The molecule has 1 aromatic carbocycles. The average molecular weight is 292 g/mol. The van der Waals surface area contributed by atoms with Gasteiger partial charge in [-0.3, -0.25) is 0 Å². The van der Waals surface area contributed by atoms with E-state index in [2.05, 4.69) is 0 Å². The van der Waals surface area contributed by atoms with E-state index in [1.165, 1.54) is 37.3 Å². The molecule has 1 rings (SSSR count). The molecule has 0 heterocycles. The standard InChI is InChI=1S/C13H13ClF3NO/c1-2-3-10(13(15,16)17)8-18(9-19)12-6-4-11(14)5-7-12/h2-8,19H,9H2,1H3/b3-2-,10-8+. The van der Waals surface area contributed by atoms with Gasteiger partial charge in [-0.05, 0) is 31.2 Å². The second-order valence-corrected chi connectivity index (χ2v) is 4.11. The van der Waals surface area contributed by atoms with E-state index in [4.69, 9.17) is 11.6 Å². The number of benzene rings is 1. The number of halogens is 4. The third-order valence-electron chi connectivity index (χ3n) is 2.28. The van der Waals surface area contributed by atoms with Crippen LogP contribution in [0.3, 0.4) is 0 Å². The van der Waals surface area contributed by atoms with Gasteiger partial charge in [0.25, 0.3) is 0 Å². The molecule has 0 spiro atoms. The summed E-state index contributed by atoms with van der Waals surface area (Å²) in [5.74, 6) is 0. The summed E-state index contributed by atoms with van der Waals surface area (Å²) in [7, 11) is 0. The smallest absolute Gasteiger partial charge is 0.376 e. The van der Waals surface area contributed by atoms with Crippen LogP contribution in [-0.2, 0) is 0 Å². The van der Waals surface area contributed by atoms with Crippen molar-refractivity contribution < 1.29 is 18.3 Å². The molecule has 0 aromatic heterocycles. The Morgan fingerprint density at radius 2 is 1.89 bits per heavy atom. The Kier molecular flexibility index (Phi) is 5.44. The first-order chi connectivity index (χ1) is 8.88. The van der Waals surface area contributed by atoms with Crippen molar-refractivity contribution in [3.8, 4) is 0 Å². The Labute approximate surface area is 114 Å². The van der Waals surface area contributed by atoms with E-state index in [0.29, 0.717) is 10.7 Å². The van der Waals surface area contributed by atoms with Crippen LogP contribution in [0.25, 0.3) is 0 Å². The lowest BCUT2D eigenvalue weighted by Gasteiger charge is -2.20. The number of anilines is 1. The zero-order chi connectivity index (χ0) is 14.5. The van der Waals surface area contributed by atoms with E-state index in [1.807, 2.05) is 0 Å². The Morgan fingerprint density at radius 1 is 1.32 bits per heavy atom. The largest absolute Gasteiger partial charge is 0.417 e. The zero-order valence-corrected chi connectivity index (χ0v) is 10.9. The molecule has 0 fully saturated rings. The molecule has 0 saturated carbocycles. The van der Waals surface area contributed by atoms with E-state index >= 15 is 0 Å². The van der Waals surface area contributed by atoms with Crippen LogP contribution in [-0.4, -0.2) is 18.0 Å². The van der Waals surface area contributed by atoms with Crippen molar-refractivity contribution in [1.29, 1.82) is 0 Å². The van der Waals surface area contributed by atoms with Crippen LogP contribution in [0.2, 0.25) is 5.02 Å². The fourth-order valence-corrected chi connectivity index (χ4v) is 1.51. The molecule has 0 bridgehead atoms. The Morgan fingerprint density at radius 3 is 2.32 bits per heavy atom. The average Bonchev–Trinajstić information content (AvgIpc) is 2.34. The third kappa shape index (κ3) is 4.61. The SMILES string of the molecule is C/C=C\C(=C/N(CO)c1ccc(Cl)cc1)C(F)(F)F. The van der Waals surface area contributed by atoms with Gasteiger partial charge in [0.1, 0.15) is 6.73 Å². The molecule has 0 aliphatic carbocycles. The Bertz CT molecular complexity index is 466. The van der Waals surface area contributed by atoms with E-state index in [1.54, 1.807) is 0 Å². The zero-order valence-electron chi connectivity index (χ0n) is 10.2. The molecule has 0 atom stereocenters. The fraction of sp³-hybridized carbons (Fsp3) is 0.231. The summed E-state index contributed by atoms with van der Waals surface area (Å²) in [6.07, 6.45) is -1.40. The van der Waals surface area contributed by atoms with E-state index in [9.17, 15) is 18.3 Å². The highest BCUT2D eigenvalue weighted by molar-refractivity contribution is 6.30. The van der Waals surface area contributed by atoms with Crippen LogP contribution in [0.1, 0.15) is 6.92 Å². The number of allylic oxidation sites excluding steroid dienone is 3. The van der Waals surface area contributed by atoms with Crippen molar-refractivity contribution in [2.75, 3.05) is 11.6 Å². The maximum atomic E-state index is 12.7. The van der Waals surface area contributed by atoms with Crippen molar-refractivity contribution in [3.05, 3.63) is 53.2 Å². The number of alkyl halides is 3. The molecule has 0 aliphatic rings. The van der Waals surface area contributed by atoms with Gasteiger partial charge in [0, 0.05) is 16.9 Å². The molecule has 0 unspecified atom stereocenters. The molecule has 1 N–H and O–H groups in total. The minimum atomic E-state index is -4.48. The third-order valence-corrected chi connectivity index (χ3v) is 2.53. The first-order valence-electron chi connectivity index (χ1n) is 5.43. The van der Waals surface area contributed by atoms with Gasteiger partial charge >= 0.3 is 6.18 Å². The van der Waals surface area contributed by atoms with Gasteiger partial charge < -0.3 is 10.0 Å². The molecule has 104 valence electrons. The van der Waals surface area contributed by atoms with E-state index in [-0.39, 0.29) is 0 Å². The highest BCUT2D eigenvalue weighted by atomic mass is 35.5. The van der Waals surface area contributed by atoms with Crippen molar-refractivity contribution in [2.45, 2.75) is 13.1 Å². The first-order valence-corrected chi connectivity index (χ1v) is 5.81. The number of nitrogens with zero attached hydrogens (tertiary/aromatic N) is 1. The molecule has 1 aromatic rings. The summed E-state index contributed by atoms with van der Waals surface area (Å²) in [5, 5.41) is 9.66. The van der Waals surface area contributed by atoms with Gasteiger partial charge in [0.15, 0.2) is 0 Å². The summed E-state index contributed by atoms with van der Waals surface area (Å²) >= 11 is 5.70. The summed E-state index contributed by atoms with van der Waals surface area (Å²) in [5.41, 5.74) is -0.433. The molecule has 0 aliphatic heterocycles. The summed E-state index contributed by atoms with van der Waals surface area (Å²) in [6, 6.07) is 6.13. The second kappa shape index (κ2) is 6.63. The normalized spacial score (nSPS) is 13.1. The van der Waals surface area contributed by atoms with Crippen LogP contribution in [0.4, 0.5) is 18.9 Å². The molecule has 6 heteroatoms. The van der Waals surface area contributed by atoms with Crippen molar-refractivity contribution in [2.24, 2.45) is 0 Å². The molecule has 0 saturated heterocycles. The molecule has 0 radical (unpaired) electrons. The van der Waals surface area contributed by atoms with Gasteiger partial charge in [-0.1, -0.05) is 23.8 Å². The van der Waals surface area contributed by atoms with Gasteiger partial charge in [-0.2, -0.15) is 13.2 Å². The Hall–Kier alpha value is -1.46. The topological polar surface area (TPSA) is 23.5 Å². The number of rotatable bonds is 4. The molecule has 2 nitrogen and oxygen atoms in total. The lowest BCUT2D eigenvalue weighted by Crippen LogP contribution is -2.21. The minimum absolute atomic E-state index is 0.415. The minimum Gasteiger partial charge on any atom is -0.376 e. The highest BCUT2D eigenvalue weighted by Gasteiger charge is 2.32. The molecular weight excluding hydrogens is 279 g/mol. The maximum absolute atomic E-state index is 12.7. The number of aliphatic hydroxyl groups is 1. The predicted molar refractivity (Wildman–Crippen MR) is 70.0 cm³/mol. The maximum Gasteiger partial charge on any atom is 0.417 e. The van der Waals surface area contributed by atoms with Gasteiger partial charge in [-0.25, -0.2) is 0 Å². The predicted octanol–water partition coefficient (Wildman–Crippen LogP) is 4.12. The quantitative estimate of drug-likeness (QED) is 0.666. The number of aliphatic hydroxyl groups excluding tert-OH is 1. The second-order valence-electron chi connectivity index (χ2n) is 3.67. The van der Waals surface area contributed by atoms with Gasteiger partial charge in [-0.15, -0.1) is 0 Å². The summed E-state index contributed by atoms with van der Waals surface area (Å²) in [6.45, 7) is 0.921. The van der Waals surface area contributed by atoms with Gasteiger partial charge in [0.05, 0.1) is 5.57 Å². The molecule has 0 amide bonds. The van der Waals surface area contributed by atoms with Crippen LogP contribution in [0.15, 0.2) is 48.2 Å². The van der Waals surface area contributed by atoms with Crippen LogP contribution >= 0.6 is 11.6 Å². The number of hydrogen-bond acceptors (Lipinski definition) is 2. The highest BCUT2D eigenvalue weighted by Crippen LogP contribution is 2.28.